The Morgan fingerprint density at radius 1 is 1.09 bits per heavy atom. The van der Waals surface area contributed by atoms with Crippen LogP contribution in [0.1, 0.15) is 18.4 Å². The lowest BCUT2D eigenvalue weighted by atomic mass is 10.2. The molecule has 0 aliphatic heterocycles. The van der Waals surface area contributed by atoms with Crippen molar-refractivity contribution in [3.8, 4) is 17.4 Å². The molecule has 0 amide bonds. The average molecular weight is 471 g/mol. The minimum absolute atomic E-state index is 0.000696. The molecule has 4 aromatic rings. The second kappa shape index (κ2) is 8.28. The fourth-order valence-electron chi connectivity index (χ4n) is 3.47. The molecule has 0 radical (unpaired) electrons. The number of rotatable bonds is 9. The van der Waals surface area contributed by atoms with E-state index in [1.807, 2.05) is 24.4 Å². The van der Waals surface area contributed by atoms with Crippen molar-refractivity contribution in [1.82, 2.24) is 24.4 Å². The van der Waals surface area contributed by atoms with Crippen LogP contribution >= 0.6 is 0 Å². The van der Waals surface area contributed by atoms with Crippen molar-refractivity contribution >= 4 is 21.6 Å². The molecule has 3 aromatic heterocycles. The van der Waals surface area contributed by atoms with E-state index >= 15 is 0 Å². The second-order valence-corrected chi connectivity index (χ2v) is 9.16. The number of anilines is 1. The predicted molar refractivity (Wildman–Crippen MR) is 118 cm³/mol. The molecule has 33 heavy (non-hydrogen) atoms. The molecular weight excluding hydrogens is 448 g/mol. The van der Waals surface area contributed by atoms with Crippen molar-refractivity contribution in [2.75, 3.05) is 18.9 Å². The predicted octanol–water partition coefficient (Wildman–Crippen LogP) is 2.33. The van der Waals surface area contributed by atoms with Gasteiger partial charge in [-0.1, -0.05) is 6.07 Å². The smallest absolute Gasteiger partial charge is 0.271 e. The number of benzene rings is 1. The SMILES string of the molecule is COc1cccc(OC)c1S(=O)(=O)Nc1nnc2cc(Cn3cccn3)cc(OC3CC3)n12. The first-order valence-corrected chi connectivity index (χ1v) is 11.7. The number of hydrogen-bond donors (Lipinski definition) is 1. The Hall–Kier alpha value is -3.80. The Labute approximate surface area is 190 Å². The maximum atomic E-state index is 13.3. The molecule has 1 aliphatic rings. The monoisotopic (exact) mass is 470 g/mol. The lowest BCUT2D eigenvalue weighted by molar-refractivity contribution is 0.287. The van der Waals surface area contributed by atoms with E-state index in [-0.39, 0.29) is 28.4 Å². The van der Waals surface area contributed by atoms with Gasteiger partial charge in [0.15, 0.2) is 10.5 Å². The minimum atomic E-state index is -4.13. The van der Waals surface area contributed by atoms with E-state index in [4.69, 9.17) is 14.2 Å². The van der Waals surface area contributed by atoms with Gasteiger partial charge in [-0.25, -0.2) is 17.5 Å². The molecule has 0 spiro atoms. The zero-order valence-corrected chi connectivity index (χ0v) is 18.8. The molecule has 11 nitrogen and oxygen atoms in total. The van der Waals surface area contributed by atoms with E-state index in [1.54, 1.807) is 33.5 Å². The fourth-order valence-corrected chi connectivity index (χ4v) is 4.78. The van der Waals surface area contributed by atoms with Crippen LogP contribution in [0.4, 0.5) is 5.95 Å². The average Bonchev–Trinajstić information content (AvgIpc) is 3.30. The third-order valence-corrected chi connectivity index (χ3v) is 6.52. The van der Waals surface area contributed by atoms with Crippen molar-refractivity contribution < 1.29 is 22.6 Å². The summed E-state index contributed by atoms with van der Waals surface area (Å²) in [5, 5.41) is 12.5. The minimum Gasteiger partial charge on any atom is -0.495 e. The Bertz CT molecular complexity index is 1370. The quantitative estimate of drug-likeness (QED) is 0.396. The number of pyridine rings is 1. The molecule has 0 bridgehead atoms. The number of nitrogens with zero attached hydrogens (tertiary/aromatic N) is 5. The van der Waals surface area contributed by atoms with Crippen LogP contribution in [0.5, 0.6) is 17.4 Å². The third-order valence-electron chi connectivity index (χ3n) is 5.12. The molecule has 1 N–H and O–H groups in total. The van der Waals surface area contributed by atoms with Gasteiger partial charge >= 0.3 is 0 Å². The summed E-state index contributed by atoms with van der Waals surface area (Å²) >= 11 is 0. The fraction of sp³-hybridized carbons (Fsp3) is 0.286. The van der Waals surface area contributed by atoms with Gasteiger partial charge in [-0.3, -0.25) is 4.68 Å². The zero-order valence-electron chi connectivity index (χ0n) is 18.0. The highest BCUT2D eigenvalue weighted by molar-refractivity contribution is 7.93. The number of aromatic nitrogens is 5. The Kier molecular flexibility index (Phi) is 5.29. The van der Waals surface area contributed by atoms with Gasteiger partial charge in [-0.15, -0.1) is 10.2 Å². The Morgan fingerprint density at radius 3 is 2.48 bits per heavy atom. The number of fused-ring (bicyclic) bond motifs is 1. The van der Waals surface area contributed by atoms with Crippen LogP contribution < -0.4 is 18.9 Å². The summed E-state index contributed by atoms with van der Waals surface area (Å²) in [6.45, 7) is 0.511. The first-order valence-electron chi connectivity index (χ1n) is 10.2. The molecule has 0 unspecified atom stereocenters. The summed E-state index contributed by atoms with van der Waals surface area (Å²) in [7, 11) is -1.35. The third kappa shape index (κ3) is 4.16. The van der Waals surface area contributed by atoms with E-state index in [1.165, 1.54) is 14.2 Å². The number of nitrogens with one attached hydrogen (secondary N) is 1. The highest BCUT2D eigenvalue weighted by Crippen LogP contribution is 2.35. The summed E-state index contributed by atoms with van der Waals surface area (Å²) in [4.78, 5) is -0.133. The first-order chi connectivity index (χ1) is 16.0. The first kappa shape index (κ1) is 21.1. The molecule has 1 aliphatic carbocycles. The summed E-state index contributed by atoms with van der Waals surface area (Å²) in [6, 6.07) is 10.2. The second-order valence-electron chi connectivity index (χ2n) is 7.54. The van der Waals surface area contributed by atoms with E-state index in [0.29, 0.717) is 18.1 Å². The summed E-state index contributed by atoms with van der Waals surface area (Å²) in [5.41, 5.74) is 1.34. The summed E-state index contributed by atoms with van der Waals surface area (Å²) in [6.07, 6.45) is 5.51. The van der Waals surface area contributed by atoms with Crippen molar-refractivity contribution in [2.24, 2.45) is 0 Å². The molecule has 12 heteroatoms. The topological polar surface area (TPSA) is 122 Å². The van der Waals surface area contributed by atoms with Gasteiger partial charge in [-0.05, 0) is 42.7 Å². The van der Waals surface area contributed by atoms with Crippen LogP contribution in [0.3, 0.4) is 0 Å². The van der Waals surface area contributed by atoms with Crippen molar-refractivity contribution in [2.45, 2.75) is 30.4 Å². The lowest BCUT2D eigenvalue weighted by Crippen LogP contribution is -2.17. The van der Waals surface area contributed by atoms with Crippen LogP contribution in [-0.4, -0.2) is 53.1 Å². The molecule has 3 heterocycles. The van der Waals surface area contributed by atoms with E-state index in [0.717, 1.165) is 18.4 Å². The molecule has 1 fully saturated rings. The molecule has 5 rings (SSSR count). The number of sulfonamides is 1. The van der Waals surface area contributed by atoms with Crippen molar-refractivity contribution in [1.29, 1.82) is 0 Å². The van der Waals surface area contributed by atoms with Gasteiger partial charge in [0, 0.05) is 18.5 Å². The van der Waals surface area contributed by atoms with E-state index < -0.39 is 10.0 Å². The van der Waals surface area contributed by atoms with Gasteiger partial charge in [0.25, 0.3) is 10.0 Å². The van der Waals surface area contributed by atoms with Crippen LogP contribution in [0.2, 0.25) is 0 Å². The number of hydrogen-bond acceptors (Lipinski definition) is 8. The van der Waals surface area contributed by atoms with Gasteiger partial charge in [0.05, 0.1) is 20.8 Å². The Morgan fingerprint density at radius 2 is 1.85 bits per heavy atom. The maximum absolute atomic E-state index is 13.3. The summed E-state index contributed by atoms with van der Waals surface area (Å²) in [5.74, 6) is 0.740. The number of methoxy groups -OCH3 is 2. The van der Waals surface area contributed by atoms with Gasteiger partial charge in [0.2, 0.25) is 11.8 Å². The zero-order chi connectivity index (χ0) is 23.0. The van der Waals surface area contributed by atoms with Crippen LogP contribution in [0.15, 0.2) is 53.7 Å². The molecule has 0 atom stereocenters. The normalized spacial score (nSPS) is 13.8. The van der Waals surface area contributed by atoms with E-state index in [2.05, 4.69) is 20.0 Å². The lowest BCUT2D eigenvalue weighted by Gasteiger charge is -2.15. The summed E-state index contributed by atoms with van der Waals surface area (Å²) < 4.78 is 49.1. The molecule has 1 aromatic carbocycles. The molecule has 1 saturated carbocycles. The van der Waals surface area contributed by atoms with Gasteiger partial charge in [-0.2, -0.15) is 5.10 Å². The molecular formula is C21H22N6O5S. The standard InChI is InChI=1S/C21H22N6O5S/c1-30-16-5-3-6-17(31-2)20(16)33(28,29)25-21-24-23-18-11-14(13-26-10-4-9-22-26)12-19(27(18)21)32-15-7-8-15/h3-6,9-12,15H,7-8,13H2,1-2H3,(H,24,25). The maximum Gasteiger partial charge on any atom is 0.271 e. The van der Waals surface area contributed by atoms with Crippen LogP contribution in [-0.2, 0) is 16.6 Å². The Balaban J connectivity index is 1.56. The molecule has 0 saturated heterocycles. The highest BCUT2D eigenvalue weighted by atomic mass is 32.2. The highest BCUT2D eigenvalue weighted by Gasteiger charge is 2.29. The van der Waals surface area contributed by atoms with Crippen LogP contribution in [0.25, 0.3) is 5.65 Å². The van der Waals surface area contributed by atoms with Gasteiger partial charge < -0.3 is 14.2 Å². The van der Waals surface area contributed by atoms with Crippen molar-refractivity contribution in [3.05, 3.63) is 54.4 Å². The van der Waals surface area contributed by atoms with Crippen molar-refractivity contribution in [3.63, 3.8) is 0 Å². The number of ether oxygens (including phenoxy) is 3. The molecule has 172 valence electrons. The van der Waals surface area contributed by atoms with Crippen LogP contribution in [0, 0.1) is 0 Å². The van der Waals surface area contributed by atoms with Gasteiger partial charge in [0.1, 0.15) is 17.6 Å². The largest absolute Gasteiger partial charge is 0.495 e. The van der Waals surface area contributed by atoms with E-state index in [9.17, 15) is 8.42 Å².